The van der Waals surface area contributed by atoms with Crippen molar-refractivity contribution in [2.45, 2.75) is 37.9 Å². The summed E-state index contributed by atoms with van der Waals surface area (Å²) in [5.41, 5.74) is 6.67. The molecule has 2 aromatic heterocycles. The van der Waals surface area contributed by atoms with Crippen LogP contribution < -0.4 is 5.73 Å². The van der Waals surface area contributed by atoms with Gasteiger partial charge in [-0.2, -0.15) is 0 Å². The van der Waals surface area contributed by atoms with Gasteiger partial charge < -0.3 is 30.7 Å². The van der Waals surface area contributed by atoms with Gasteiger partial charge in [-0.1, -0.05) is 6.92 Å². The van der Waals surface area contributed by atoms with E-state index in [0.717, 1.165) is 6.54 Å². The van der Waals surface area contributed by atoms with Gasteiger partial charge in [0.15, 0.2) is 17.7 Å². The van der Waals surface area contributed by atoms with Gasteiger partial charge in [-0.25, -0.2) is 15.0 Å². The van der Waals surface area contributed by atoms with Crippen LogP contribution in [0.2, 0.25) is 0 Å². The Balaban J connectivity index is 1.72. The summed E-state index contributed by atoms with van der Waals surface area (Å²) < 4.78 is 7.52. The van der Waals surface area contributed by atoms with Crippen molar-refractivity contribution in [3.63, 3.8) is 0 Å². The number of hydrogen-bond donors (Lipinski definition) is 4. The minimum atomic E-state index is -1.10. The van der Waals surface area contributed by atoms with Gasteiger partial charge in [-0.05, 0) is 19.4 Å². The Kier molecular flexibility index (Phi) is 5.68. The lowest BCUT2D eigenvalue weighted by Crippen LogP contribution is -2.34. The van der Waals surface area contributed by atoms with E-state index in [2.05, 4.69) is 15.0 Å². The molecule has 2 aromatic rings. The van der Waals surface area contributed by atoms with Crippen molar-refractivity contribution < 1.29 is 20.1 Å². The molecule has 3 rings (SSSR count). The molecular weight excluding hydrogens is 340 g/mol. The molecular formula is C16H26N6O4. The van der Waals surface area contributed by atoms with Gasteiger partial charge in [0.1, 0.15) is 24.1 Å². The van der Waals surface area contributed by atoms with Crippen LogP contribution in [0.3, 0.4) is 0 Å². The average Bonchev–Trinajstić information content (AvgIpc) is 3.12. The molecule has 0 radical (unpaired) electrons. The third-order valence-corrected chi connectivity index (χ3v) is 4.74. The maximum absolute atomic E-state index is 10.5. The second kappa shape index (κ2) is 7.80. The van der Waals surface area contributed by atoms with E-state index in [1.807, 2.05) is 18.9 Å². The third kappa shape index (κ3) is 3.64. The number of nitrogens with zero attached hydrogens (tertiary/aromatic N) is 5. The number of nitrogens with two attached hydrogens (primary N) is 1. The molecule has 1 unspecified atom stereocenters. The van der Waals surface area contributed by atoms with Crippen LogP contribution in [0.25, 0.3) is 11.2 Å². The molecule has 144 valence electrons. The topological polar surface area (TPSA) is 143 Å². The number of likely N-dealkylation sites (N-methyl/N-ethyl adjacent to an activating group) is 1. The number of rotatable bonds is 7. The summed E-state index contributed by atoms with van der Waals surface area (Å²) in [6.07, 6.45) is -0.0331. The Morgan fingerprint density at radius 1 is 1.31 bits per heavy atom. The van der Waals surface area contributed by atoms with Crippen molar-refractivity contribution in [2.75, 3.05) is 32.5 Å². The van der Waals surface area contributed by atoms with Crippen LogP contribution in [0.1, 0.15) is 19.6 Å². The minimum absolute atomic E-state index is 0.102. The Morgan fingerprint density at radius 3 is 2.81 bits per heavy atom. The summed E-state index contributed by atoms with van der Waals surface area (Å²) in [6.45, 7) is 3.49. The van der Waals surface area contributed by atoms with Crippen molar-refractivity contribution in [3.05, 3.63) is 12.7 Å². The normalized spacial score (nSPS) is 27.5. The van der Waals surface area contributed by atoms with E-state index < -0.39 is 24.5 Å². The first-order valence-electron chi connectivity index (χ1n) is 8.66. The van der Waals surface area contributed by atoms with E-state index in [9.17, 15) is 10.2 Å². The van der Waals surface area contributed by atoms with E-state index in [0.29, 0.717) is 24.1 Å². The highest BCUT2D eigenvalue weighted by molar-refractivity contribution is 5.81. The van der Waals surface area contributed by atoms with Crippen LogP contribution in [-0.2, 0) is 4.74 Å². The van der Waals surface area contributed by atoms with Crippen molar-refractivity contribution >= 4 is 17.0 Å². The number of imidazole rings is 1. The number of aliphatic hydroxyl groups excluding tert-OH is 3. The van der Waals surface area contributed by atoms with Crippen molar-refractivity contribution in [1.82, 2.24) is 24.4 Å². The lowest BCUT2D eigenvalue weighted by molar-refractivity contribution is -0.0416. The van der Waals surface area contributed by atoms with Crippen LogP contribution in [-0.4, -0.2) is 84.8 Å². The van der Waals surface area contributed by atoms with Crippen LogP contribution in [0.15, 0.2) is 12.7 Å². The van der Waals surface area contributed by atoms with Crippen molar-refractivity contribution in [3.8, 4) is 0 Å². The quantitative estimate of drug-likeness (QED) is 0.484. The Hall–Kier alpha value is -1.85. The molecule has 0 bridgehead atoms. The molecule has 1 aliphatic heterocycles. The zero-order chi connectivity index (χ0) is 18.8. The number of anilines is 1. The van der Waals surface area contributed by atoms with Gasteiger partial charge in [-0.15, -0.1) is 0 Å². The van der Waals surface area contributed by atoms with Gasteiger partial charge >= 0.3 is 0 Å². The average molecular weight is 366 g/mol. The van der Waals surface area contributed by atoms with Crippen molar-refractivity contribution in [1.29, 1.82) is 0 Å². The van der Waals surface area contributed by atoms with E-state index >= 15 is 0 Å². The number of ether oxygens (including phenoxy) is 1. The van der Waals surface area contributed by atoms with E-state index in [4.69, 9.17) is 15.6 Å². The first-order valence-corrected chi connectivity index (χ1v) is 8.66. The molecule has 1 saturated heterocycles. The van der Waals surface area contributed by atoms with Crippen LogP contribution >= 0.6 is 0 Å². The highest BCUT2D eigenvalue weighted by Crippen LogP contribution is 2.34. The molecule has 3 heterocycles. The molecule has 0 aromatic carbocycles. The Morgan fingerprint density at radius 2 is 2.08 bits per heavy atom. The fourth-order valence-corrected chi connectivity index (χ4v) is 3.48. The van der Waals surface area contributed by atoms with E-state index in [1.165, 1.54) is 12.7 Å². The second-order valence-corrected chi connectivity index (χ2v) is 6.96. The Bertz CT molecular complexity index is 741. The SMILES string of the molecule is CC(C[C@H]1O[C@@H](n2cnc3c(N)ncnc32)[C@H](O)[C@@H]1O)CN(C)CCO. The number of aromatic nitrogens is 4. The highest BCUT2D eigenvalue weighted by atomic mass is 16.6. The van der Waals surface area contributed by atoms with E-state index in [-0.39, 0.29) is 18.3 Å². The monoisotopic (exact) mass is 366 g/mol. The van der Waals surface area contributed by atoms with Gasteiger partial charge in [0.2, 0.25) is 0 Å². The molecule has 0 spiro atoms. The molecule has 0 amide bonds. The number of fused-ring (bicyclic) bond motifs is 1. The lowest BCUT2D eigenvalue weighted by atomic mass is 9.98. The summed E-state index contributed by atoms with van der Waals surface area (Å²) in [5, 5.41) is 29.9. The van der Waals surface area contributed by atoms with Gasteiger partial charge in [0, 0.05) is 13.1 Å². The summed E-state index contributed by atoms with van der Waals surface area (Å²) in [7, 11) is 1.93. The van der Waals surface area contributed by atoms with Crippen LogP contribution in [0, 0.1) is 5.92 Å². The lowest BCUT2D eigenvalue weighted by Gasteiger charge is -2.23. The minimum Gasteiger partial charge on any atom is -0.395 e. The molecule has 10 heteroatoms. The summed E-state index contributed by atoms with van der Waals surface area (Å²) in [4.78, 5) is 14.2. The maximum atomic E-state index is 10.5. The molecule has 26 heavy (non-hydrogen) atoms. The summed E-state index contributed by atoms with van der Waals surface area (Å²) in [5.74, 6) is 0.466. The van der Waals surface area contributed by atoms with Gasteiger partial charge in [-0.3, -0.25) is 4.57 Å². The summed E-state index contributed by atoms with van der Waals surface area (Å²) >= 11 is 0. The molecule has 1 fully saturated rings. The van der Waals surface area contributed by atoms with Crippen molar-refractivity contribution in [2.24, 2.45) is 5.92 Å². The predicted molar refractivity (Wildman–Crippen MR) is 94.0 cm³/mol. The first kappa shape index (κ1) is 18.9. The second-order valence-electron chi connectivity index (χ2n) is 6.96. The fraction of sp³-hybridized carbons (Fsp3) is 0.688. The zero-order valence-electron chi connectivity index (χ0n) is 14.9. The van der Waals surface area contributed by atoms with Gasteiger partial charge in [0.05, 0.1) is 19.0 Å². The number of hydrogen-bond acceptors (Lipinski definition) is 9. The smallest absolute Gasteiger partial charge is 0.167 e. The molecule has 5 N–H and O–H groups in total. The van der Waals surface area contributed by atoms with Crippen LogP contribution in [0.5, 0.6) is 0 Å². The molecule has 1 aliphatic rings. The molecule has 0 aliphatic carbocycles. The van der Waals surface area contributed by atoms with E-state index in [1.54, 1.807) is 4.57 Å². The fourth-order valence-electron chi connectivity index (χ4n) is 3.48. The largest absolute Gasteiger partial charge is 0.395 e. The standard InChI is InChI=1S/C16H26N6O4/c1-9(6-21(2)3-4-23)5-10-12(24)13(25)16(26-10)22-8-20-11-14(17)18-7-19-15(11)22/h7-10,12-13,16,23-25H,3-6H2,1-2H3,(H2,17,18,19)/t9?,10-,12-,13-,16-/m1/s1. The zero-order valence-corrected chi connectivity index (χ0v) is 14.9. The number of aliphatic hydroxyl groups is 3. The molecule has 5 atom stereocenters. The van der Waals surface area contributed by atoms with Crippen LogP contribution in [0.4, 0.5) is 5.82 Å². The molecule has 0 saturated carbocycles. The number of nitrogen functional groups attached to an aromatic ring is 1. The predicted octanol–water partition coefficient (Wildman–Crippen LogP) is -1.02. The summed E-state index contributed by atoms with van der Waals surface area (Å²) in [6, 6.07) is 0. The molecule has 10 nitrogen and oxygen atoms in total. The maximum Gasteiger partial charge on any atom is 0.167 e. The highest BCUT2D eigenvalue weighted by Gasteiger charge is 2.44. The Labute approximate surface area is 151 Å². The first-order chi connectivity index (χ1) is 12.4. The third-order valence-electron chi connectivity index (χ3n) is 4.74. The van der Waals surface area contributed by atoms with Gasteiger partial charge in [0.25, 0.3) is 0 Å².